The number of rotatable bonds is 4. The maximum atomic E-state index is 11.6. The number of nitrogens with zero attached hydrogens (tertiary/aromatic N) is 1. The van der Waals surface area contributed by atoms with E-state index >= 15 is 0 Å². The molecule has 0 saturated heterocycles. The number of nitriles is 1. The van der Waals surface area contributed by atoms with Crippen molar-refractivity contribution in [2.24, 2.45) is 0 Å². The minimum absolute atomic E-state index is 0.0990. The fourth-order valence-electron chi connectivity index (χ4n) is 1.84. The van der Waals surface area contributed by atoms with E-state index in [1.54, 1.807) is 36.4 Å². The Bertz CT molecular complexity index is 687. The van der Waals surface area contributed by atoms with Gasteiger partial charge in [0, 0.05) is 5.69 Å². The van der Waals surface area contributed by atoms with Gasteiger partial charge in [0.05, 0.1) is 17.2 Å². The monoisotopic (exact) mass is 266 g/mol. The number of benzene rings is 2. The van der Waals surface area contributed by atoms with Gasteiger partial charge in [0.1, 0.15) is 12.4 Å². The van der Waals surface area contributed by atoms with E-state index in [0.717, 1.165) is 5.56 Å². The number of hydrogen-bond acceptors (Lipinski definition) is 4. The molecule has 4 heteroatoms. The lowest BCUT2D eigenvalue weighted by molar-refractivity contribution is 0.101. The van der Waals surface area contributed by atoms with Crippen molar-refractivity contribution in [2.75, 3.05) is 5.73 Å². The first-order valence-corrected chi connectivity index (χ1v) is 6.12. The van der Waals surface area contributed by atoms with Crippen LogP contribution in [-0.4, -0.2) is 5.78 Å². The number of anilines is 1. The van der Waals surface area contributed by atoms with Gasteiger partial charge in [-0.2, -0.15) is 5.26 Å². The van der Waals surface area contributed by atoms with E-state index in [1.807, 2.05) is 6.07 Å². The molecule has 0 unspecified atom stereocenters. The van der Waals surface area contributed by atoms with Gasteiger partial charge in [-0.3, -0.25) is 4.79 Å². The number of carbonyl (C=O) groups excluding carboxylic acids is 1. The van der Waals surface area contributed by atoms with Crippen molar-refractivity contribution in [3.05, 3.63) is 59.2 Å². The second-order valence-electron chi connectivity index (χ2n) is 4.41. The summed E-state index contributed by atoms with van der Waals surface area (Å²) in [5.41, 5.74) is 8.10. The second-order valence-corrected chi connectivity index (χ2v) is 4.41. The topological polar surface area (TPSA) is 76.1 Å². The van der Waals surface area contributed by atoms with Crippen molar-refractivity contribution >= 4 is 11.5 Å². The molecule has 2 rings (SSSR count). The third-order valence-electron chi connectivity index (χ3n) is 2.83. The van der Waals surface area contributed by atoms with Crippen molar-refractivity contribution < 1.29 is 9.53 Å². The lowest BCUT2D eigenvalue weighted by Crippen LogP contribution is -2.03. The Hall–Kier alpha value is -2.80. The zero-order chi connectivity index (χ0) is 14.5. The van der Waals surface area contributed by atoms with Gasteiger partial charge < -0.3 is 10.5 Å². The number of nitrogen functional groups attached to an aromatic ring is 1. The van der Waals surface area contributed by atoms with Gasteiger partial charge in [0.25, 0.3) is 0 Å². The molecule has 2 aromatic rings. The predicted octanol–water partition coefficient (Wildman–Crippen LogP) is 2.92. The van der Waals surface area contributed by atoms with Crippen molar-refractivity contribution in [3.8, 4) is 11.8 Å². The van der Waals surface area contributed by atoms with Crippen LogP contribution in [0.2, 0.25) is 0 Å². The lowest BCUT2D eigenvalue weighted by Gasteiger charge is -2.10. The summed E-state index contributed by atoms with van der Waals surface area (Å²) < 4.78 is 5.65. The summed E-state index contributed by atoms with van der Waals surface area (Å²) in [4.78, 5) is 11.6. The summed E-state index contributed by atoms with van der Waals surface area (Å²) >= 11 is 0. The van der Waals surface area contributed by atoms with Crippen LogP contribution in [0.3, 0.4) is 0 Å². The van der Waals surface area contributed by atoms with Crippen molar-refractivity contribution in [2.45, 2.75) is 13.5 Å². The molecule has 0 bridgehead atoms. The molecular weight excluding hydrogens is 252 g/mol. The molecule has 0 amide bonds. The minimum Gasteiger partial charge on any atom is -0.488 e. The maximum Gasteiger partial charge on any atom is 0.163 e. The first-order chi connectivity index (χ1) is 9.60. The zero-order valence-electron chi connectivity index (χ0n) is 11.1. The predicted molar refractivity (Wildman–Crippen MR) is 76.3 cm³/mol. The summed E-state index contributed by atoms with van der Waals surface area (Å²) in [6.07, 6.45) is 0. The van der Waals surface area contributed by atoms with Gasteiger partial charge >= 0.3 is 0 Å². The van der Waals surface area contributed by atoms with Gasteiger partial charge in [-0.25, -0.2) is 0 Å². The van der Waals surface area contributed by atoms with Crippen LogP contribution in [0.4, 0.5) is 5.69 Å². The zero-order valence-corrected chi connectivity index (χ0v) is 11.1. The van der Waals surface area contributed by atoms with Crippen molar-refractivity contribution in [3.63, 3.8) is 0 Å². The molecule has 0 saturated carbocycles. The smallest absolute Gasteiger partial charge is 0.163 e. The standard InChI is InChI=1S/C16H14N2O2/c1-11(19)15-8-14(18)5-6-16(15)20-10-13-4-2-3-12(7-13)9-17/h2-8H,10,18H2,1H3. The summed E-state index contributed by atoms with van der Waals surface area (Å²) in [5.74, 6) is 0.395. The minimum atomic E-state index is -0.0990. The van der Waals surface area contributed by atoms with E-state index in [1.165, 1.54) is 6.92 Å². The Morgan fingerprint density at radius 2 is 2.10 bits per heavy atom. The normalized spacial score (nSPS) is 9.80. The van der Waals surface area contributed by atoms with E-state index in [-0.39, 0.29) is 5.78 Å². The highest BCUT2D eigenvalue weighted by Gasteiger charge is 2.09. The van der Waals surface area contributed by atoms with Gasteiger partial charge in [0.2, 0.25) is 0 Å². The van der Waals surface area contributed by atoms with Crippen LogP contribution >= 0.6 is 0 Å². The fourth-order valence-corrected chi connectivity index (χ4v) is 1.84. The number of Topliss-reactive ketones (excluding diaryl/α,β-unsaturated/α-hetero) is 1. The van der Waals surface area contributed by atoms with Crippen LogP contribution in [0.25, 0.3) is 0 Å². The third-order valence-corrected chi connectivity index (χ3v) is 2.83. The van der Waals surface area contributed by atoms with E-state index in [0.29, 0.717) is 29.2 Å². The van der Waals surface area contributed by atoms with Crippen molar-refractivity contribution in [1.29, 1.82) is 5.26 Å². The Kier molecular flexibility index (Phi) is 4.02. The molecular formula is C16H14N2O2. The Labute approximate surface area is 117 Å². The van der Waals surface area contributed by atoms with Crippen molar-refractivity contribution in [1.82, 2.24) is 0 Å². The fraction of sp³-hybridized carbons (Fsp3) is 0.125. The molecule has 0 atom stereocenters. The SMILES string of the molecule is CC(=O)c1cc(N)ccc1OCc1cccc(C#N)c1. The summed E-state index contributed by atoms with van der Waals surface area (Å²) in [5, 5.41) is 8.85. The van der Waals surface area contributed by atoms with Crippen LogP contribution < -0.4 is 10.5 Å². The van der Waals surface area contributed by atoms with Crippen LogP contribution in [-0.2, 0) is 6.61 Å². The molecule has 0 fully saturated rings. The molecule has 0 aliphatic rings. The molecule has 0 aliphatic carbocycles. The largest absolute Gasteiger partial charge is 0.488 e. The van der Waals surface area contributed by atoms with Crippen LogP contribution in [0.1, 0.15) is 28.4 Å². The highest BCUT2D eigenvalue weighted by molar-refractivity contribution is 5.97. The van der Waals surface area contributed by atoms with Gasteiger partial charge in [-0.05, 0) is 42.8 Å². The van der Waals surface area contributed by atoms with Crippen LogP contribution in [0, 0.1) is 11.3 Å². The molecule has 0 heterocycles. The maximum absolute atomic E-state index is 11.6. The number of hydrogen-bond donors (Lipinski definition) is 1. The van der Waals surface area contributed by atoms with Gasteiger partial charge in [-0.1, -0.05) is 12.1 Å². The number of ketones is 1. The highest BCUT2D eigenvalue weighted by Crippen LogP contribution is 2.23. The number of nitrogens with two attached hydrogens (primary N) is 1. The Morgan fingerprint density at radius 3 is 2.80 bits per heavy atom. The van der Waals surface area contributed by atoms with E-state index in [2.05, 4.69) is 6.07 Å². The van der Waals surface area contributed by atoms with E-state index < -0.39 is 0 Å². The van der Waals surface area contributed by atoms with Gasteiger partial charge in [-0.15, -0.1) is 0 Å². The number of ether oxygens (including phenoxy) is 1. The molecule has 2 N–H and O–H groups in total. The first kappa shape index (κ1) is 13.6. The molecule has 0 radical (unpaired) electrons. The lowest BCUT2D eigenvalue weighted by atomic mass is 10.1. The summed E-state index contributed by atoms with van der Waals surface area (Å²) in [7, 11) is 0. The molecule has 4 nitrogen and oxygen atoms in total. The Morgan fingerprint density at radius 1 is 1.30 bits per heavy atom. The van der Waals surface area contributed by atoms with Crippen LogP contribution in [0.15, 0.2) is 42.5 Å². The third kappa shape index (κ3) is 3.15. The molecule has 2 aromatic carbocycles. The first-order valence-electron chi connectivity index (χ1n) is 6.12. The highest BCUT2D eigenvalue weighted by atomic mass is 16.5. The average molecular weight is 266 g/mol. The second kappa shape index (κ2) is 5.89. The Balaban J connectivity index is 2.19. The molecule has 0 spiro atoms. The van der Waals surface area contributed by atoms with E-state index in [9.17, 15) is 4.79 Å². The summed E-state index contributed by atoms with van der Waals surface area (Å²) in [6, 6.07) is 14.2. The number of carbonyl (C=O) groups is 1. The molecule has 100 valence electrons. The molecule has 0 aliphatic heterocycles. The van der Waals surface area contributed by atoms with Crippen LogP contribution in [0.5, 0.6) is 5.75 Å². The quantitative estimate of drug-likeness (QED) is 0.682. The van der Waals surface area contributed by atoms with Gasteiger partial charge in [0.15, 0.2) is 5.78 Å². The molecule has 20 heavy (non-hydrogen) atoms. The average Bonchev–Trinajstić information content (AvgIpc) is 2.46. The molecule has 0 aromatic heterocycles. The van der Waals surface area contributed by atoms with E-state index in [4.69, 9.17) is 15.7 Å². The summed E-state index contributed by atoms with van der Waals surface area (Å²) in [6.45, 7) is 1.76.